The van der Waals surface area contributed by atoms with E-state index in [0.717, 1.165) is 0 Å². The third-order valence-electron chi connectivity index (χ3n) is 2.70. The predicted molar refractivity (Wildman–Crippen MR) is 69.9 cm³/mol. The average Bonchev–Trinajstić information content (AvgIpc) is 2.42. The van der Waals surface area contributed by atoms with Crippen molar-refractivity contribution in [2.75, 3.05) is 0 Å². The van der Waals surface area contributed by atoms with Crippen molar-refractivity contribution in [3.63, 3.8) is 0 Å². The number of nitro groups is 1. The molecule has 0 saturated heterocycles. The molecule has 21 heavy (non-hydrogen) atoms. The summed E-state index contributed by atoms with van der Waals surface area (Å²) in [5.74, 6) is -2.75. The van der Waals surface area contributed by atoms with Gasteiger partial charge in [0.05, 0.1) is 11.0 Å². The van der Waals surface area contributed by atoms with Crippen LogP contribution in [0, 0.1) is 21.7 Å². The molecule has 2 aromatic rings. The van der Waals surface area contributed by atoms with Crippen molar-refractivity contribution in [3.8, 4) is 11.6 Å². The van der Waals surface area contributed by atoms with Gasteiger partial charge in [0.25, 0.3) is 0 Å². The first-order valence-electron chi connectivity index (χ1n) is 5.92. The van der Waals surface area contributed by atoms with E-state index in [0.29, 0.717) is 17.7 Å². The van der Waals surface area contributed by atoms with E-state index in [-0.39, 0.29) is 5.88 Å². The first-order valence-corrected chi connectivity index (χ1v) is 5.92. The highest BCUT2D eigenvalue weighted by atomic mass is 19.1. The van der Waals surface area contributed by atoms with E-state index in [1.54, 1.807) is 19.1 Å². The minimum atomic E-state index is -1.20. The van der Waals surface area contributed by atoms with Crippen LogP contribution in [-0.4, -0.2) is 9.91 Å². The summed E-state index contributed by atoms with van der Waals surface area (Å²) >= 11 is 0. The Hall–Kier alpha value is -2.61. The zero-order valence-corrected chi connectivity index (χ0v) is 10.9. The fourth-order valence-corrected chi connectivity index (χ4v) is 1.68. The third kappa shape index (κ3) is 3.11. The molecule has 0 bridgehead atoms. The van der Waals surface area contributed by atoms with Crippen molar-refractivity contribution in [2.45, 2.75) is 13.0 Å². The van der Waals surface area contributed by atoms with Gasteiger partial charge in [-0.15, -0.1) is 0 Å². The molecule has 1 aromatic heterocycles. The molecule has 0 aliphatic heterocycles. The van der Waals surface area contributed by atoms with Gasteiger partial charge in [-0.3, -0.25) is 10.1 Å². The summed E-state index contributed by atoms with van der Waals surface area (Å²) in [6.07, 6.45) is 1.40. The average molecular weight is 295 g/mol. The topological polar surface area (TPSA) is 91.3 Å². The van der Waals surface area contributed by atoms with E-state index in [1.165, 1.54) is 6.20 Å². The number of rotatable bonds is 4. The highest BCUT2D eigenvalue weighted by Crippen LogP contribution is 2.31. The van der Waals surface area contributed by atoms with Crippen LogP contribution in [0.2, 0.25) is 0 Å². The molecule has 1 aromatic carbocycles. The number of pyridine rings is 1. The summed E-state index contributed by atoms with van der Waals surface area (Å²) in [6, 6.07) is 3.89. The molecule has 1 atom stereocenters. The predicted octanol–water partition coefficient (Wildman–Crippen LogP) is 3.08. The molecule has 1 heterocycles. The molecule has 0 amide bonds. The molecule has 6 nitrogen and oxygen atoms in total. The van der Waals surface area contributed by atoms with E-state index < -0.39 is 34.0 Å². The Balaban J connectivity index is 2.41. The monoisotopic (exact) mass is 295 g/mol. The Labute approximate surface area is 118 Å². The van der Waals surface area contributed by atoms with Crippen LogP contribution in [0.15, 0.2) is 30.5 Å². The number of nitrogens with two attached hydrogens (primary N) is 1. The SMILES string of the molecule is C[C@H](N)c1cccnc1Oc1cc(F)c([N+](=O)[O-])cc1F. The van der Waals surface area contributed by atoms with Crippen molar-refractivity contribution >= 4 is 5.69 Å². The molecule has 0 saturated carbocycles. The fourth-order valence-electron chi connectivity index (χ4n) is 1.68. The molecule has 110 valence electrons. The number of hydrogen-bond acceptors (Lipinski definition) is 5. The molecule has 8 heteroatoms. The van der Waals surface area contributed by atoms with E-state index in [4.69, 9.17) is 10.5 Å². The highest BCUT2D eigenvalue weighted by Gasteiger charge is 2.21. The summed E-state index contributed by atoms with van der Waals surface area (Å²) in [4.78, 5) is 13.4. The Morgan fingerprint density at radius 3 is 2.71 bits per heavy atom. The number of benzene rings is 1. The third-order valence-corrected chi connectivity index (χ3v) is 2.70. The largest absolute Gasteiger partial charge is 0.435 e. The van der Waals surface area contributed by atoms with Gasteiger partial charge in [-0.1, -0.05) is 6.07 Å². The van der Waals surface area contributed by atoms with Crippen molar-refractivity contribution in [2.24, 2.45) is 5.73 Å². The lowest BCUT2D eigenvalue weighted by Gasteiger charge is -2.12. The standard InChI is InChI=1S/C13H11F2N3O3/c1-7(16)8-3-2-4-17-13(8)21-12-6-9(14)11(18(19)20)5-10(12)15/h2-7H,16H2,1H3/t7-/m0/s1. The Kier molecular flexibility index (Phi) is 4.08. The number of nitro benzene ring substituents is 1. The van der Waals surface area contributed by atoms with Gasteiger partial charge in [-0.2, -0.15) is 4.39 Å². The molecule has 2 rings (SSSR count). The second kappa shape index (κ2) is 5.80. The van der Waals surface area contributed by atoms with Crippen LogP contribution in [0.4, 0.5) is 14.5 Å². The molecule has 0 radical (unpaired) electrons. The van der Waals surface area contributed by atoms with Gasteiger partial charge in [-0.05, 0) is 13.0 Å². The molecule has 0 fully saturated rings. The van der Waals surface area contributed by atoms with Crippen LogP contribution in [-0.2, 0) is 0 Å². The summed E-state index contributed by atoms with van der Waals surface area (Å²) in [5, 5.41) is 10.5. The summed E-state index contributed by atoms with van der Waals surface area (Å²) in [6.45, 7) is 1.68. The van der Waals surface area contributed by atoms with Crippen LogP contribution in [0.3, 0.4) is 0 Å². The molecule has 0 unspecified atom stereocenters. The van der Waals surface area contributed by atoms with Gasteiger partial charge in [0, 0.05) is 23.9 Å². The lowest BCUT2D eigenvalue weighted by Crippen LogP contribution is -2.08. The molecular weight excluding hydrogens is 284 g/mol. The van der Waals surface area contributed by atoms with Crippen molar-refractivity contribution < 1.29 is 18.4 Å². The maximum absolute atomic E-state index is 13.8. The Bertz CT molecular complexity index is 692. The van der Waals surface area contributed by atoms with Gasteiger partial charge >= 0.3 is 5.69 Å². The zero-order chi connectivity index (χ0) is 15.6. The maximum Gasteiger partial charge on any atom is 0.307 e. The first-order chi connectivity index (χ1) is 9.90. The smallest absolute Gasteiger partial charge is 0.307 e. The number of halogens is 2. The van der Waals surface area contributed by atoms with Crippen molar-refractivity contribution in [3.05, 3.63) is 57.8 Å². The Morgan fingerprint density at radius 1 is 1.38 bits per heavy atom. The van der Waals surface area contributed by atoms with Crippen LogP contribution in [0.1, 0.15) is 18.5 Å². The van der Waals surface area contributed by atoms with Crippen LogP contribution >= 0.6 is 0 Å². The maximum atomic E-state index is 13.8. The lowest BCUT2D eigenvalue weighted by atomic mass is 10.1. The minimum absolute atomic E-state index is 0.0136. The number of ether oxygens (including phenoxy) is 1. The fraction of sp³-hybridized carbons (Fsp3) is 0.154. The van der Waals surface area contributed by atoms with Gasteiger partial charge in [-0.25, -0.2) is 9.37 Å². The zero-order valence-electron chi connectivity index (χ0n) is 10.9. The molecular formula is C13H11F2N3O3. The molecule has 0 aliphatic carbocycles. The van der Waals surface area contributed by atoms with Crippen molar-refractivity contribution in [1.82, 2.24) is 4.98 Å². The van der Waals surface area contributed by atoms with Crippen LogP contribution < -0.4 is 10.5 Å². The second-order valence-electron chi connectivity index (χ2n) is 4.28. The lowest BCUT2D eigenvalue weighted by molar-refractivity contribution is -0.387. The minimum Gasteiger partial charge on any atom is -0.435 e. The van der Waals surface area contributed by atoms with Gasteiger partial charge in [0.15, 0.2) is 11.6 Å². The second-order valence-corrected chi connectivity index (χ2v) is 4.28. The summed E-state index contributed by atoms with van der Waals surface area (Å²) < 4.78 is 32.5. The molecule has 2 N–H and O–H groups in total. The van der Waals surface area contributed by atoms with Gasteiger partial charge in [0.1, 0.15) is 0 Å². The number of hydrogen-bond donors (Lipinski definition) is 1. The van der Waals surface area contributed by atoms with E-state index >= 15 is 0 Å². The van der Waals surface area contributed by atoms with Gasteiger partial charge in [0.2, 0.25) is 11.7 Å². The number of aromatic nitrogens is 1. The summed E-state index contributed by atoms with van der Waals surface area (Å²) in [7, 11) is 0. The van der Waals surface area contributed by atoms with E-state index in [2.05, 4.69) is 4.98 Å². The highest BCUT2D eigenvalue weighted by molar-refractivity contribution is 5.42. The van der Waals surface area contributed by atoms with Crippen molar-refractivity contribution in [1.29, 1.82) is 0 Å². The quantitative estimate of drug-likeness (QED) is 0.691. The molecule has 0 aliphatic rings. The molecule has 0 spiro atoms. The van der Waals surface area contributed by atoms with Crippen LogP contribution in [0.5, 0.6) is 11.6 Å². The summed E-state index contributed by atoms with van der Waals surface area (Å²) in [5.41, 5.74) is 5.25. The van der Waals surface area contributed by atoms with Crippen LogP contribution in [0.25, 0.3) is 0 Å². The van der Waals surface area contributed by atoms with E-state index in [1.807, 2.05) is 0 Å². The van der Waals surface area contributed by atoms with E-state index in [9.17, 15) is 18.9 Å². The van der Waals surface area contributed by atoms with Gasteiger partial charge < -0.3 is 10.5 Å². The Morgan fingerprint density at radius 2 is 2.10 bits per heavy atom. The normalized spacial score (nSPS) is 12.0. The number of nitrogens with zero attached hydrogens (tertiary/aromatic N) is 2. The first kappa shape index (κ1) is 14.8.